The average Bonchev–Trinajstić information content (AvgIpc) is 2.63. The molecule has 0 unspecified atom stereocenters. The molecule has 0 fully saturated rings. The largest absolute Gasteiger partial charge is 0.444 e. The van der Waals surface area contributed by atoms with E-state index in [2.05, 4.69) is 26.3 Å². The molecule has 0 saturated carbocycles. The number of halogens is 1. The van der Waals surface area contributed by atoms with Crippen LogP contribution in [0.5, 0.6) is 0 Å². The summed E-state index contributed by atoms with van der Waals surface area (Å²) in [6.45, 7) is 11.0. The molecule has 1 aromatic carbocycles. The smallest absolute Gasteiger partial charge is 0.407 e. The number of hydrogen-bond acceptors (Lipinski definition) is 4. The summed E-state index contributed by atoms with van der Waals surface area (Å²) in [6.07, 6.45) is 0.331. The maximum atomic E-state index is 11.7. The highest BCUT2D eigenvalue weighted by Crippen LogP contribution is 2.11. The van der Waals surface area contributed by atoms with Crippen molar-refractivity contribution >= 4 is 47.6 Å². The number of aliphatic imine (C=N–C) groups is 1. The molecule has 0 atom stereocenters. The molecular formula is C21H36IN5O3. The van der Waals surface area contributed by atoms with Gasteiger partial charge in [0.15, 0.2) is 5.96 Å². The number of rotatable bonds is 8. The first kappa shape index (κ1) is 28.0. The zero-order valence-corrected chi connectivity index (χ0v) is 21.1. The topological polar surface area (TPSA) is 104 Å². The second-order valence-electron chi connectivity index (χ2n) is 7.98. The zero-order chi connectivity index (χ0) is 21.9. The van der Waals surface area contributed by atoms with Crippen molar-refractivity contribution < 1.29 is 14.3 Å². The van der Waals surface area contributed by atoms with Crippen LogP contribution in [0.25, 0.3) is 0 Å². The van der Waals surface area contributed by atoms with Gasteiger partial charge >= 0.3 is 6.09 Å². The van der Waals surface area contributed by atoms with E-state index < -0.39 is 11.7 Å². The summed E-state index contributed by atoms with van der Waals surface area (Å²) in [6, 6.07) is 7.69. The second-order valence-corrected chi connectivity index (χ2v) is 7.98. The molecule has 0 aromatic heterocycles. The van der Waals surface area contributed by atoms with E-state index in [-0.39, 0.29) is 35.8 Å². The molecule has 8 nitrogen and oxygen atoms in total. The Hall–Kier alpha value is -2.04. The van der Waals surface area contributed by atoms with E-state index in [1.807, 2.05) is 58.9 Å². The van der Waals surface area contributed by atoms with Crippen LogP contribution in [0.3, 0.4) is 0 Å². The highest BCUT2D eigenvalue weighted by molar-refractivity contribution is 14.0. The summed E-state index contributed by atoms with van der Waals surface area (Å²) in [5, 5.41) is 12.0. The Morgan fingerprint density at radius 2 is 1.63 bits per heavy atom. The molecule has 0 saturated heterocycles. The van der Waals surface area contributed by atoms with E-state index in [0.29, 0.717) is 25.6 Å². The first-order chi connectivity index (χ1) is 13.6. The molecule has 0 radical (unpaired) electrons. The predicted molar refractivity (Wildman–Crippen MR) is 132 cm³/mol. The molecule has 1 rings (SSSR count). The molecule has 2 amide bonds. The van der Waals surface area contributed by atoms with E-state index in [1.165, 1.54) is 0 Å². The molecule has 0 aliphatic rings. The van der Waals surface area contributed by atoms with Gasteiger partial charge in [-0.15, -0.1) is 24.0 Å². The number of anilines is 1. The number of amides is 2. The average molecular weight is 533 g/mol. The number of carbonyl (C=O) groups excluding carboxylic acids is 2. The molecular weight excluding hydrogens is 497 g/mol. The van der Waals surface area contributed by atoms with Gasteiger partial charge in [0, 0.05) is 38.3 Å². The van der Waals surface area contributed by atoms with Crippen molar-refractivity contribution in [2.24, 2.45) is 10.9 Å². The minimum atomic E-state index is -0.494. The number of nitrogens with zero attached hydrogens (tertiary/aromatic N) is 1. The summed E-state index contributed by atoms with van der Waals surface area (Å²) < 4.78 is 5.19. The van der Waals surface area contributed by atoms with E-state index in [9.17, 15) is 9.59 Å². The van der Waals surface area contributed by atoms with E-state index in [0.717, 1.165) is 17.7 Å². The van der Waals surface area contributed by atoms with Gasteiger partial charge in [-0.05, 0) is 44.9 Å². The fraction of sp³-hybridized carbons (Fsp3) is 0.571. The van der Waals surface area contributed by atoms with Crippen LogP contribution in [0, 0.1) is 5.92 Å². The molecule has 4 N–H and O–H groups in total. The summed E-state index contributed by atoms with van der Waals surface area (Å²) in [4.78, 5) is 27.5. The van der Waals surface area contributed by atoms with E-state index >= 15 is 0 Å². The Morgan fingerprint density at radius 1 is 1.03 bits per heavy atom. The SMILES string of the molecule is CN=C(NCCCNC(=O)OC(C)(C)C)NCc1ccc(NC(=O)C(C)C)cc1.I. The van der Waals surface area contributed by atoms with Gasteiger partial charge in [0.05, 0.1) is 0 Å². The first-order valence-corrected chi connectivity index (χ1v) is 9.92. The normalized spacial score (nSPS) is 11.4. The van der Waals surface area contributed by atoms with Crippen LogP contribution in [0.15, 0.2) is 29.3 Å². The number of guanidine groups is 1. The number of benzene rings is 1. The molecule has 0 heterocycles. The number of ether oxygens (including phenoxy) is 1. The van der Waals surface area contributed by atoms with Crippen molar-refractivity contribution in [3.63, 3.8) is 0 Å². The van der Waals surface area contributed by atoms with Crippen LogP contribution < -0.4 is 21.3 Å². The lowest BCUT2D eigenvalue weighted by Gasteiger charge is -2.19. The van der Waals surface area contributed by atoms with Gasteiger partial charge in [-0.25, -0.2) is 4.79 Å². The predicted octanol–water partition coefficient (Wildman–Crippen LogP) is 3.48. The quantitative estimate of drug-likeness (QED) is 0.177. The maximum absolute atomic E-state index is 11.7. The van der Waals surface area contributed by atoms with Crippen LogP contribution in [0.1, 0.15) is 46.6 Å². The number of alkyl carbamates (subject to hydrolysis) is 1. The molecule has 0 bridgehead atoms. The standard InChI is InChI=1S/C21H35N5O3.HI/c1-15(2)18(27)26-17-10-8-16(9-11-17)14-25-19(22-6)23-12-7-13-24-20(28)29-21(3,4)5;/h8-11,15H,7,12-14H2,1-6H3,(H,24,28)(H,26,27)(H2,22,23,25);1H. The summed E-state index contributed by atoms with van der Waals surface area (Å²) in [5.41, 5.74) is 1.36. The molecule has 1 aromatic rings. The van der Waals surface area contributed by atoms with Gasteiger partial charge < -0.3 is 26.0 Å². The molecule has 0 aliphatic carbocycles. The fourth-order valence-electron chi connectivity index (χ4n) is 2.20. The van der Waals surface area contributed by atoms with Gasteiger partial charge in [-0.3, -0.25) is 9.79 Å². The maximum Gasteiger partial charge on any atom is 0.407 e. The summed E-state index contributed by atoms with van der Waals surface area (Å²) in [5.74, 6) is 0.631. The minimum absolute atomic E-state index is 0. The van der Waals surface area contributed by atoms with Gasteiger partial charge in [0.2, 0.25) is 5.91 Å². The van der Waals surface area contributed by atoms with Crippen molar-refractivity contribution in [2.45, 2.75) is 53.2 Å². The van der Waals surface area contributed by atoms with Gasteiger partial charge in [0.1, 0.15) is 5.60 Å². The molecule has 0 aliphatic heterocycles. The zero-order valence-electron chi connectivity index (χ0n) is 18.8. The summed E-state index contributed by atoms with van der Waals surface area (Å²) in [7, 11) is 1.71. The Kier molecular flexibility index (Phi) is 13.1. The van der Waals surface area contributed by atoms with Gasteiger partial charge in [-0.2, -0.15) is 0 Å². The second kappa shape index (κ2) is 14.1. The van der Waals surface area contributed by atoms with Crippen molar-refractivity contribution in [2.75, 3.05) is 25.5 Å². The van der Waals surface area contributed by atoms with Gasteiger partial charge in [0.25, 0.3) is 0 Å². The number of hydrogen-bond donors (Lipinski definition) is 4. The van der Waals surface area contributed by atoms with Crippen LogP contribution in [0.4, 0.5) is 10.5 Å². The lowest BCUT2D eigenvalue weighted by Crippen LogP contribution is -2.39. The van der Waals surface area contributed by atoms with Crippen LogP contribution in [-0.4, -0.2) is 43.7 Å². The van der Waals surface area contributed by atoms with Crippen molar-refractivity contribution in [1.29, 1.82) is 0 Å². The molecule has 9 heteroatoms. The lowest BCUT2D eigenvalue weighted by molar-refractivity contribution is -0.118. The van der Waals surface area contributed by atoms with Crippen LogP contribution in [-0.2, 0) is 16.1 Å². The molecule has 0 spiro atoms. The lowest BCUT2D eigenvalue weighted by atomic mass is 10.1. The summed E-state index contributed by atoms with van der Waals surface area (Å²) >= 11 is 0. The molecule has 30 heavy (non-hydrogen) atoms. The van der Waals surface area contributed by atoms with Gasteiger partial charge in [-0.1, -0.05) is 26.0 Å². The highest BCUT2D eigenvalue weighted by Gasteiger charge is 2.15. The Morgan fingerprint density at radius 3 is 2.17 bits per heavy atom. The van der Waals surface area contributed by atoms with E-state index in [1.54, 1.807) is 7.05 Å². The van der Waals surface area contributed by atoms with Crippen molar-refractivity contribution in [3.05, 3.63) is 29.8 Å². The third-order valence-electron chi connectivity index (χ3n) is 3.74. The Bertz CT molecular complexity index is 685. The Balaban J connectivity index is 0.00000841. The number of nitrogens with one attached hydrogen (secondary N) is 4. The van der Waals surface area contributed by atoms with E-state index in [4.69, 9.17) is 4.74 Å². The van der Waals surface area contributed by atoms with Crippen molar-refractivity contribution in [1.82, 2.24) is 16.0 Å². The third-order valence-corrected chi connectivity index (χ3v) is 3.74. The minimum Gasteiger partial charge on any atom is -0.444 e. The van der Waals surface area contributed by atoms with Crippen LogP contribution in [0.2, 0.25) is 0 Å². The number of carbonyl (C=O) groups is 2. The monoisotopic (exact) mass is 533 g/mol. The Labute approximate surface area is 197 Å². The highest BCUT2D eigenvalue weighted by atomic mass is 127. The fourth-order valence-corrected chi connectivity index (χ4v) is 2.20. The van der Waals surface area contributed by atoms with Crippen LogP contribution >= 0.6 is 24.0 Å². The first-order valence-electron chi connectivity index (χ1n) is 9.92. The third kappa shape index (κ3) is 12.5. The molecule has 170 valence electrons. The van der Waals surface area contributed by atoms with Crippen molar-refractivity contribution in [3.8, 4) is 0 Å².